The highest BCUT2D eigenvalue weighted by molar-refractivity contribution is 5.76. The Balaban J connectivity index is 1.87. The number of carbonyl (C=O) groups is 2. The van der Waals surface area contributed by atoms with Gasteiger partial charge in [-0.05, 0) is 39.5 Å². The fraction of sp³-hybridized carbons (Fsp3) is 0.846. The summed E-state index contributed by atoms with van der Waals surface area (Å²) < 4.78 is 5.16. The van der Waals surface area contributed by atoms with Crippen LogP contribution in [0.5, 0.6) is 0 Å². The van der Waals surface area contributed by atoms with Crippen molar-refractivity contribution in [2.45, 2.75) is 45.6 Å². The lowest BCUT2D eigenvalue weighted by Crippen LogP contribution is -2.36. The SMILES string of the molecule is CC(C)(C)OC(=O)NC[C@]12CCC[C@H]1[C@@H]2C(=O)O. The van der Waals surface area contributed by atoms with Crippen LogP contribution in [0, 0.1) is 17.3 Å². The standard InChI is InChI=1S/C13H21NO4/c1-12(2,3)18-11(17)14-7-13-6-4-5-8(13)9(13)10(15)16/h8-9H,4-7H2,1-3H3,(H,14,17)(H,15,16)/t8-,9+,13+/m0/s1. The number of fused-ring (bicyclic) bond motifs is 1. The van der Waals surface area contributed by atoms with Gasteiger partial charge in [-0.2, -0.15) is 0 Å². The minimum absolute atomic E-state index is 0.206. The minimum Gasteiger partial charge on any atom is -0.481 e. The predicted octanol–water partition coefficient (Wildman–Crippen LogP) is 2.01. The number of alkyl carbamates (subject to hydrolysis) is 1. The molecule has 0 bridgehead atoms. The Labute approximate surface area is 107 Å². The molecule has 0 unspecified atom stereocenters. The second-order valence-electron chi connectivity index (χ2n) is 6.40. The van der Waals surface area contributed by atoms with Gasteiger partial charge in [0.1, 0.15) is 5.60 Å². The first kappa shape index (κ1) is 13.2. The fourth-order valence-corrected chi connectivity index (χ4v) is 3.32. The Morgan fingerprint density at radius 2 is 2.11 bits per heavy atom. The number of rotatable bonds is 3. The number of carbonyl (C=O) groups excluding carboxylic acids is 1. The summed E-state index contributed by atoms with van der Waals surface area (Å²) in [6.07, 6.45) is 2.46. The first-order valence-corrected chi connectivity index (χ1v) is 6.46. The van der Waals surface area contributed by atoms with Crippen LogP contribution in [0.4, 0.5) is 4.79 Å². The largest absolute Gasteiger partial charge is 0.481 e. The molecule has 2 rings (SSSR count). The number of aliphatic carboxylic acids is 1. The van der Waals surface area contributed by atoms with Gasteiger partial charge < -0.3 is 15.2 Å². The molecule has 0 aliphatic heterocycles. The van der Waals surface area contributed by atoms with E-state index in [1.54, 1.807) is 20.8 Å². The summed E-state index contributed by atoms with van der Waals surface area (Å²) in [4.78, 5) is 22.7. The maximum atomic E-state index is 11.6. The molecule has 0 heterocycles. The second kappa shape index (κ2) is 4.14. The molecule has 0 spiro atoms. The summed E-state index contributed by atoms with van der Waals surface area (Å²) in [5.41, 5.74) is -0.727. The highest BCUT2D eigenvalue weighted by Gasteiger charge is 2.69. The summed E-state index contributed by atoms with van der Waals surface area (Å²) in [5, 5.41) is 11.9. The third kappa shape index (κ3) is 2.31. The van der Waals surface area contributed by atoms with E-state index in [9.17, 15) is 9.59 Å². The van der Waals surface area contributed by atoms with Crippen LogP contribution in [0.3, 0.4) is 0 Å². The molecule has 5 nitrogen and oxygen atoms in total. The summed E-state index contributed by atoms with van der Waals surface area (Å²) >= 11 is 0. The van der Waals surface area contributed by atoms with E-state index >= 15 is 0 Å². The third-order valence-electron chi connectivity index (χ3n) is 4.04. The van der Waals surface area contributed by atoms with Gasteiger partial charge in [0.2, 0.25) is 0 Å². The van der Waals surface area contributed by atoms with Gasteiger partial charge in [0, 0.05) is 12.0 Å². The van der Waals surface area contributed by atoms with Crippen LogP contribution in [0.15, 0.2) is 0 Å². The molecule has 0 aromatic rings. The summed E-state index contributed by atoms with van der Waals surface area (Å²) in [6, 6.07) is 0. The average molecular weight is 255 g/mol. The zero-order valence-corrected chi connectivity index (χ0v) is 11.2. The number of carboxylic acid groups (broad SMARTS) is 1. The molecule has 2 aliphatic rings. The molecule has 2 aliphatic carbocycles. The average Bonchev–Trinajstić information content (AvgIpc) is 2.65. The zero-order valence-electron chi connectivity index (χ0n) is 11.2. The van der Waals surface area contributed by atoms with E-state index in [-0.39, 0.29) is 17.3 Å². The molecule has 2 N–H and O–H groups in total. The molecule has 18 heavy (non-hydrogen) atoms. The van der Waals surface area contributed by atoms with E-state index in [4.69, 9.17) is 9.84 Å². The molecule has 0 aromatic heterocycles. The quantitative estimate of drug-likeness (QED) is 0.809. The van der Waals surface area contributed by atoms with Crippen molar-refractivity contribution in [1.29, 1.82) is 0 Å². The van der Waals surface area contributed by atoms with Crippen LogP contribution >= 0.6 is 0 Å². The first-order chi connectivity index (χ1) is 8.26. The summed E-state index contributed by atoms with van der Waals surface area (Å²) in [5.74, 6) is -0.767. The zero-order chi connectivity index (χ0) is 13.6. The maximum absolute atomic E-state index is 11.6. The Hall–Kier alpha value is -1.26. The molecule has 0 radical (unpaired) electrons. The van der Waals surface area contributed by atoms with Crippen LogP contribution in [-0.4, -0.2) is 29.3 Å². The molecule has 102 valence electrons. The van der Waals surface area contributed by atoms with E-state index < -0.39 is 17.7 Å². The molecular formula is C13H21NO4. The molecule has 0 saturated heterocycles. The number of carboxylic acids is 1. The van der Waals surface area contributed by atoms with E-state index in [1.165, 1.54) is 0 Å². The molecule has 5 heteroatoms. The van der Waals surface area contributed by atoms with Gasteiger partial charge in [0.05, 0.1) is 5.92 Å². The van der Waals surface area contributed by atoms with Gasteiger partial charge in [0.15, 0.2) is 0 Å². The van der Waals surface area contributed by atoms with Crippen molar-refractivity contribution < 1.29 is 19.4 Å². The second-order valence-corrected chi connectivity index (χ2v) is 6.40. The van der Waals surface area contributed by atoms with E-state index in [0.29, 0.717) is 6.54 Å². The number of amides is 1. The van der Waals surface area contributed by atoms with Crippen LogP contribution in [0.1, 0.15) is 40.0 Å². The molecule has 2 fully saturated rings. The van der Waals surface area contributed by atoms with Crippen LogP contribution in [0.2, 0.25) is 0 Å². The molecule has 3 atom stereocenters. The van der Waals surface area contributed by atoms with Crippen molar-refractivity contribution in [1.82, 2.24) is 5.32 Å². The fourth-order valence-electron chi connectivity index (χ4n) is 3.32. The van der Waals surface area contributed by atoms with E-state index in [2.05, 4.69) is 5.32 Å². The number of hydrogen-bond donors (Lipinski definition) is 2. The van der Waals surface area contributed by atoms with Crippen molar-refractivity contribution in [2.75, 3.05) is 6.54 Å². The monoisotopic (exact) mass is 255 g/mol. The Kier molecular flexibility index (Phi) is 3.03. The van der Waals surface area contributed by atoms with Gasteiger partial charge in [-0.1, -0.05) is 6.42 Å². The van der Waals surface area contributed by atoms with Crippen molar-refractivity contribution in [3.8, 4) is 0 Å². The molecular weight excluding hydrogens is 234 g/mol. The highest BCUT2D eigenvalue weighted by atomic mass is 16.6. The van der Waals surface area contributed by atoms with Gasteiger partial charge in [-0.3, -0.25) is 4.79 Å². The highest BCUT2D eigenvalue weighted by Crippen LogP contribution is 2.68. The molecule has 0 aromatic carbocycles. The maximum Gasteiger partial charge on any atom is 0.407 e. The van der Waals surface area contributed by atoms with Crippen LogP contribution < -0.4 is 5.32 Å². The normalized spacial score (nSPS) is 33.7. The van der Waals surface area contributed by atoms with Crippen molar-refractivity contribution in [3.63, 3.8) is 0 Å². The summed E-state index contributed by atoms with van der Waals surface area (Å²) in [6.45, 7) is 5.84. The predicted molar refractivity (Wildman–Crippen MR) is 65.1 cm³/mol. The van der Waals surface area contributed by atoms with Gasteiger partial charge >= 0.3 is 12.1 Å². The molecule has 1 amide bonds. The third-order valence-corrected chi connectivity index (χ3v) is 4.04. The van der Waals surface area contributed by atoms with Crippen molar-refractivity contribution in [2.24, 2.45) is 17.3 Å². The first-order valence-electron chi connectivity index (χ1n) is 6.46. The lowest BCUT2D eigenvalue weighted by atomic mass is 10.00. The number of ether oxygens (including phenoxy) is 1. The summed E-state index contributed by atoms with van der Waals surface area (Å²) in [7, 11) is 0. The number of hydrogen-bond acceptors (Lipinski definition) is 3. The van der Waals surface area contributed by atoms with E-state index in [1.807, 2.05) is 0 Å². The van der Waals surface area contributed by atoms with Crippen molar-refractivity contribution >= 4 is 12.1 Å². The lowest BCUT2D eigenvalue weighted by molar-refractivity contribution is -0.140. The van der Waals surface area contributed by atoms with Crippen LogP contribution in [0.25, 0.3) is 0 Å². The van der Waals surface area contributed by atoms with Gasteiger partial charge in [-0.25, -0.2) is 4.79 Å². The lowest BCUT2D eigenvalue weighted by Gasteiger charge is -2.21. The Morgan fingerprint density at radius 3 is 2.61 bits per heavy atom. The molecule has 2 saturated carbocycles. The van der Waals surface area contributed by atoms with Gasteiger partial charge in [-0.15, -0.1) is 0 Å². The van der Waals surface area contributed by atoms with E-state index in [0.717, 1.165) is 19.3 Å². The Bertz CT molecular complexity index is 374. The minimum atomic E-state index is -0.731. The van der Waals surface area contributed by atoms with Crippen molar-refractivity contribution in [3.05, 3.63) is 0 Å². The smallest absolute Gasteiger partial charge is 0.407 e. The number of nitrogens with one attached hydrogen (secondary N) is 1. The van der Waals surface area contributed by atoms with Crippen LogP contribution in [-0.2, 0) is 9.53 Å². The topological polar surface area (TPSA) is 75.6 Å². The Morgan fingerprint density at radius 1 is 1.44 bits per heavy atom. The van der Waals surface area contributed by atoms with Gasteiger partial charge in [0.25, 0.3) is 0 Å².